The third-order valence-electron chi connectivity index (χ3n) is 4.50. The Bertz CT molecular complexity index is 1160. The number of ketones is 1. The Labute approximate surface area is 187 Å². The van der Waals surface area contributed by atoms with Gasteiger partial charge in [0.2, 0.25) is 0 Å². The van der Waals surface area contributed by atoms with Crippen LogP contribution in [0.4, 0.5) is 5.69 Å². The molecule has 2 N–H and O–H groups in total. The summed E-state index contributed by atoms with van der Waals surface area (Å²) in [6.07, 6.45) is 3.09. The molecule has 0 radical (unpaired) electrons. The van der Waals surface area contributed by atoms with Gasteiger partial charge in [-0.15, -0.1) is 11.8 Å². The molecule has 9 nitrogen and oxygen atoms in total. The maximum absolute atomic E-state index is 13.0. The summed E-state index contributed by atoms with van der Waals surface area (Å²) in [5.74, 6) is -1.25. The lowest BCUT2D eigenvalue weighted by molar-refractivity contribution is -0.387. The summed E-state index contributed by atoms with van der Waals surface area (Å²) in [5, 5.41) is 16.6. The van der Waals surface area contributed by atoms with Gasteiger partial charge in [0.15, 0.2) is 11.5 Å². The van der Waals surface area contributed by atoms with Gasteiger partial charge in [0, 0.05) is 30.3 Å². The van der Waals surface area contributed by atoms with Gasteiger partial charge in [-0.3, -0.25) is 24.5 Å². The molecule has 1 aromatic heterocycles. The molecule has 0 unspecified atom stereocenters. The molecule has 0 fully saturated rings. The largest absolute Gasteiger partial charge is 0.459 e. The van der Waals surface area contributed by atoms with E-state index < -0.39 is 22.5 Å². The SMILES string of the molecule is CSc1ccc(C(=O)c2ccccc2C(=O)NCCNC(=O)c2ccco2)cc1[N+](=O)[O-]. The van der Waals surface area contributed by atoms with Crippen LogP contribution in [0.5, 0.6) is 0 Å². The number of amides is 2. The van der Waals surface area contributed by atoms with Gasteiger partial charge < -0.3 is 15.1 Å². The Balaban J connectivity index is 1.70. The molecule has 0 spiro atoms. The fourth-order valence-electron chi connectivity index (χ4n) is 2.95. The van der Waals surface area contributed by atoms with Crippen LogP contribution in [0.2, 0.25) is 0 Å². The van der Waals surface area contributed by atoms with Gasteiger partial charge in [-0.2, -0.15) is 0 Å². The van der Waals surface area contributed by atoms with Gasteiger partial charge in [-0.05, 0) is 36.6 Å². The molecule has 0 aliphatic heterocycles. The minimum Gasteiger partial charge on any atom is -0.459 e. The normalized spacial score (nSPS) is 10.4. The molecular formula is C22H19N3O6S. The first-order chi connectivity index (χ1) is 15.4. The number of benzene rings is 2. The Hall–Kier alpha value is -3.92. The van der Waals surface area contributed by atoms with Crippen molar-refractivity contribution in [3.05, 3.63) is 93.4 Å². The van der Waals surface area contributed by atoms with Crippen molar-refractivity contribution in [2.75, 3.05) is 19.3 Å². The van der Waals surface area contributed by atoms with Crippen LogP contribution in [0.15, 0.2) is 70.2 Å². The lowest BCUT2D eigenvalue weighted by atomic mass is 9.97. The Morgan fingerprint density at radius 3 is 2.28 bits per heavy atom. The first-order valence-electron chi connectivity index (χ1n) is 9.48. The molecule has 0 atom stereocenters. The van der Waals surface area contributed by atoms with Gasteiger partial charge in [-0.1, -0.05) is 18.2 Å². The first kappa shape index (κ1) is 22.8. The number of thioether (sulfide) groups is 1. The summed E-state index contributed by atoms with van der Waals surface area (Å²) < 4.78 is 4.98. The molecule has 10 heteroatoms. The van der Waals surface area contributed by atoms with Crippen LogP contribution in [-0.4, -0.2) is 41.9 Å². The molecule has 1 heterocycles. The minimum absolute atomic E-state index is 0.112. The topological polar surface area (TPSA) is 132 Å². The number of carbonyl (C=O) groups excluding carboxylic acids is 3. The van der Waals surface area contributed by atoms with E-state index >= 15 is 0 Å². The zero-order valence-corrected chi connectivity index (χ0v) is 17.8. The summed E-state index contributed by atoms with van der Waals surface area (Å²) in [6.45, 7) is 0.283. The van der Waals surface area contributed by atoms with Crippen LogP contribution in [0, 0.1) is 10.1 Å². The van der Waals surface area contributed by atoms with Gasteiger partial charge in [-0.25, -0.2) is 0 Å². The van der Waals surface area contributed by atoms with Crippen LogP contribution in [0.25, 0.3) is 0 Å². The number of nitro groups is 1. The number of nitro benzene ring substituents is 1. The van der Waals surface area contributed by atoms with Crippen LogP contribution in [-0.2, 0) is 0 Å². The number of hydrogen-bond donors (Lipinski definition) is 2. The van der Waals surface area contributed by atoms with Crippen molar-refractivity contribution in [1.29, 1.82) is 0 Å². The number of nitrogens with one attached hydrogen (secondary N) is 2. The molecule has 164 valence electrons. The van der Waals surface area contributed by atoms with E-state index in [1.165, 1.54) is 54.4 Å². The van der Waals surface area contributed by atoms with Gasteiger partial charge >= 0.3 is 0 Å². The number of rotatable bonds is 9. The van der Waals surface area contributed by atoms with E-state index in [1.54, 1.807) is 24.5 Å². The first-order valence-corrected chi connectivity index (χ1v) is 10.7. The van der Waals surface area contributed by atoms with Crippen molar-refractivity contribution >= 4 is 35.0 Å². The summed E-state index contributed by atoms with van der Waals surface area (Å²) in [7, 11) is 0. The van der Waals surface area contributed by atoms with E-state index in [9.17, 15) is 24.5 Å². The summed E-state index contributed by atoms with van der Waals surface area (Å²) >= 11 is 1.21. The highest BCUT2D eigenvalue weighted by molar-refractivity contribution is 7.98. The van der Waals surface area contributed by atoms with Gasteiger partial charge in [0.25, 0.3) is 17.5 Å². The molecule has 3 rings (SSSR count). The second-order valence-corrected chi connectivity index (χ2v) is 7.36. The zero-order chi connectivity index (χ0) is 23.1. The standard InChI is InChI=1S/C22H19N3O6S/c1-32-19-9-8-14(13-17(19)25(29)30)20(26)15-5-2-3-6-16(15)21(27)23-10-11-24-22(28)18-7-4-12-31-18/h2-9,12-13H,10-11H2,1H3,(H,23,27)(H,24,28). The lowest BCUT2D eigenvalue weighted by Gasteiger charge is -2.10. The molecule has 0 aliphatic carbocycles. The van der Waals surface area contributed by atoms with E-state index in [0.717, 1.165) is 0 Å². The average molecular weight is 453 g/mol. The van der Waals surface area contributed by atoms with Crippen LogP contribution < -0.4 is 10.6 Å². The highest BCUT2D eigenvalue weighted by Crippen LogP contribution is 2.29. The number of nitrogens with zero attached hydrogens (tertiary/aromatic N) is 1. The maximum Gasteiger partial charge on any atom is 0.287 e. The zero-order valence-electron chi connectivity index (χ0n) is 17.0. The minimum atomic E-state index is -0.543. The summed E-state index contributed by atoms with van der Waals surface area (Å²) in [4.78, 5) is 48.7. The highest BCUT2D eigenvalue weighted by Gasteiger charge is 2.21. The molecule has 2 amide bonds. The van der Waals surface area contributed by atoms with Crippen molar-refractivity contribution in [2.45, 2.75) is 4.90 Å². The smallest absolute Gasteiger partial charge is 0.287 e. The molecular weight excluding hydrogens is 434 g/mol. The van der Waals surface area contributed by atoms with E-state index in [1.807, 2.05) is 0 Å². The second-order valence-electron chi connectivity index (χ2n) is 6.51. The third-order valence-corrected chi connectivity index (χ3v) is 5.28. The molecule has 32 heavy (non-hydrogen) atoms. The molecule has 0 aliphatic rings. The molecule has 0 bridgehead atoms. The predicted molar refractivity (Wildman–Crippen MR) is 118 cm³/mol. The van der Waals surface area contributed by atoms with Gasteiger partial charge in [0.1, 0.15) is 0 Å². The van der Waals surface area contributed by atoms with Crippen LogP contribution >= 0.6 is 11.8 Å². The maximum atomic E-state index is 13.0. The Morgan fingerprint density at radius 2 is 1.66 bits per heavy atom. The highest BCUT2D eigenvalue weighted by atomic mass is 32.2. The van der Waals surface area contributed by atoms with Crippen LogP contribution in [0.1, 0.15) is 36.8 Å². The average Bonchev–Trinajstić information content (AvgIpc) is 3.35. The second kappa shape index (κ2) is 10.4. The van der Waals surface area contributed by atoms with Crippen molar-refractivity contribution in [2.24, 2.45) is 0 Å². The molecule has 3 aromatic rings. The fourth-order valence-corrected chi connectivity index (χ4v) is 3.50. The van der Waals surface area contributed by atoms with E-state index in [0.29, 0.717) is 4.90 Å². The van der Waals surface area contributed by atoms with E-state index in [4.69, 9.17) is 4.42 Å². The van der Waals surface area contributed by atoms with E-state index in [-0.39, 0.29) is 41.2 Å². The quantitative estimate of drug-likeness (QED) is 0.167. The van der Waals surface area contributed by atoms with Crippen LogP contribution in [0.3, 0.4) is 0 Å². The van der Waals surface area contributed by atoms with Crippen molar-refractivity contribution in [3.8, 4) is 0 Å². The number of furan rings is 1. The molecule has 0 saturated carbocycles. The molecule has 0 saturated heterocycles. The number of carbonyl (C=O) groups is 3. The third kappa shape index (κ3) is 5.22. The summed E-state index contributed by atoms with van der Waals surface area (Å²) in [6, 6.07) is 13.5. The molecule has 2 aromatic carbocycles. The van der Waals surface area contributed by atoms with Crippen molar-refractivity contribution < 1.29 is 23.7 Å². The fraction of sp³-hybridized carbons (Fsp3) is 0.136. The predicted octanol–water partition coefficient (Wildman–Crippen LogP) is 3.30. The van der Waals surface area contributed by atoms with E-state index in [2.05, 4.69) is 10.6 Å². The monoisotopic (exact) mass is 453 g/mol. The Morgan fingerprint density at radius 1 is 0.969 bits per heavy atom. The van der Waals surface area contributed by atoms with Crippen molar-refractivity contribution in [1.82, 2.24) is 10.6 Å². The Kier molecular flexibility index (Phi) is 7.40. The van der Waals surface area contributed by atoms with Crippen molar-refractivity contribution in [3.63, 3.8) is 0 Å². The number of hydrogen-bond acceptors (Lipinski definition) is 7. The lowest BCUT2D eigenvalue weighted by Crippen LogP contribution is -2.35. The van der Waals surface area contributed by atoms with Gasteiger partial charge in [0.05, 0.1) is 21.6 Å². The summed E-state index contributed by atoms with van der Waals surface area (Å²) in [5.41, 5.74) is 0.195.